The number of imide groups is 1. The Bertz CT molecular complexity index is 1310. The molecule has 1 aliphatic heterocycles. The number of carbonyl (C=O) groups excluding carboxylic acids is 2. The molecule has 35 heavy (non-hydrogen) atoms. The summed E-state index contributed by atoms with van der Waals surface area (Å²) in [6.07, 6.45) is 1.62. The second-order valence-electron chi connectivity index (χ2n) is 7.52. The molecule has 0 spiro atoms. The number of hydrogen-bond acceptors (Lipinski definition) is 5. The lowest BCUT2D eigenvalue weighted by Crippen LogP contribution is -2.27. The predicted octanol–water partition coefficient (Wildman–Crippen LogP) is 7.35. The molecule has 1 saturated heterocycles. The topological polar surface area (TPSA) is 55.8 Å². The SMILES string of the molecule is CCOc1cc(/C=C2\SC(=O)N(Cc3ccc(F)cc3Cl)C2=O)ccc1OCc1ccccc1Cl. The zero-order valence-corrected chi connectivity index (χ0v) is 20.9. The Morgan fingerprint density at radius 3 is 2.49 bits per heavy atom. The van der Waals surface area contributed by atoms with E-state index in [1.807, 2.05) is 25.1 Å². The fourth-order valence-electron chi connectivity index (χ4n) is 3.38. The van der Waals surface area contributed by atoms with E-state index in [9.17, 15) is 14.0 Å². The quantitative estimate of drug-likeness (QED) is 0.284. The van der Waals surface area contributed by atoms with E-state index in [4.69, 9.17) is 32.7 Å². The summed E-state index contributed by atoms with van der Waals surface area (Å²) in [4.78, 5) is 26.7. The molecule has 0 radical (unpaired) electrons. The van der Waals surface area contributed by atoms with Crippen molar-refractivity contribution in [2.75, 3.05) is 6.61 Å². The van der Waals surface area contributed by atoms with Crippen LogP contribution in [0.15, 0.2) is 65.6 Å². The van der Waals surface area contributed by atoms with Gasteiger partial charge >= 0.3 is 0 Å². The van der Waals surface area contributed by atoms with Crippen LogP contribution in [0.5, 0.6) is 11.5 Å². The molecule has 1 aliphatic rings. The number of carbonyl (C=O) groups is 2. The number of halogens is 3. The van der Waals surface area contributed by atoms with E-state index in [2.05, 4.69) is 0 Å². The number of thioether (sulfide) groups is 1. The Labute approximate surface area is 216 Å². The molecule has 0 bridgehead atoms. The van der Waals surface area contributed by atoms with Crippen molar-refractivity contribution in [2.45, 2.75) is 20.1 Å². The van der Waals surface area contributed by atoms with Crippen LogP contribution in [0.4, 0.5) is 9.18 Å². The molecule has 180 valence electrons. The minimum atomic E-state index is -0.489. The van der Waals surface area contributed by atoms with Gasteiger partial charge in [0, 0.05) is 15.6 Å². The minimum Gasteiger partial charge on any atom is -0.490 e. The highest BCUT2D eigenvalue weighted by Gasteiger charge is 2.35. The van der Waals surface area contributed by atoms with E-state index in [-0.39, 0.29) is 23.1 Å². The fraction of sp³-hybridized carbons (Fsp3) is 0.154. The van der Waals surface area contributed by atoms with Gasteiger partial charge in [-0.1, -0.05) is 53.5 Å². The highest BCUT2D eigenvalue weighted by atomic mass is 35.5. The van der Waals surface area contributed by atoms with Crippen molar-refractivity contribution in [1.82, 2.24) is 4.90 Å². The maximum Gasteiger partial charge on any atom is 0.293 e. The summed E-state index contributed by atoms with van der Waals surface area (Å²) in [6.45, 7) is 2.50. The van der Waals surface area contributed by atoms with Crippen LogP contribution in [0.2, 0.25) is 10.0 Å². The summed E-state index contributed by atoms with van der Waals surface area (Å²) in [6, 6.07) is 16.5. The van der Waals surface area contributed by atoms with Gasteiger partial charge in [-0.15, -0.1) is 0 Å². The number of hydrogen-bond donors (Lipinski definition) is 0. The lowest BCUT2D eigenvalue weighted by molar-refractivity contribution is -0.123. The molecule has 3 aromatic rings. The lowest BCUT2D eigenvalue weighted by atomic mass is 10.1. The van der Waals surface area contributed by atoms with Gasteiger partial charge in [0.2, 0.25) is 0 Å². The Morgan fingerprint density at radius 1 is 0.943 bits per heavy atom. The molecule has 1 fully saturated rings. The Balaban J connectivity index is 1.52. The molecule has 0 unspecified atom stereocenters. The normalized spacial score (nSPS) is 14.6. The molecular weight excluding hydrogens is 512 g/mol. The van der Waals surface area contributed by atoms with E-state index in [1.54, 1.807) is 30.3 Å². The first-order valence-electron chi connectivity index (χ1n) is 10.7. The summed E-state index contributed by atoms with van der Waals surface area (Å²) in [5.74, 6) is 0.100. The van der Waals surface area contributed by atoms with Crippen LogP contribution in [0.25, 0.3) is 6.08 Å². The van der Waals surface area contributed by atoms with Crippen molar-refractivity contribution in [3.8, 4) is 11.5 Å². The van der Waals surface area contributed by atoms with Gasteiger partial charge < -0.3 is 9.47 Å². The molecule has 0 atom stereocenters. The fourth-order valence-corrected chi connectivity index (χ4v) is 4.64. The molecule has 9 heteroatoms. The standard InChI is InChI=1S/C26H20Cl2FNO4S/c1-2-33-23-11-16(7-10-22(23)34-15-18-5-3-4-6-20(18)27)12-24-25(31)30(26(32)35-24)14-17-8-9-19(29)13-21(17)28/h3-13H,2,14-15H2,1H3/b24-12-. The molecule has 0 N–H and O–H groups in total. The first kappa shape index (κ1) is 25.1. The number of rotatable bonds is 8. The number of amides is 2. The van der Waals surface area contributed by atoms with Gasteiger partial charge in [-0.25, -0.2) is 4.39 Å². The monoisotopic (exact) mass is 531 g/mol. The van der Waals surface area contributed by atoms with Gasteiger partial charge in [-0.2, -0.15) is 0 Å². The molecule has 1 heterocycles. The van der Waals surface area contributed by atoms with Gasteiger partial charge in [0.25, 0.3) is 11.1 Å². The van der Waals surface area contributed by atoms with Crippen molar-refractivity contribution in [3.05, 3.63) is 98.1 Å². The van der Waals surface area contributed by atoms with Crippen LogP contribution in [0.3, 0.4) is 0 Å². The average molecular weight is 532 g/mol. The maximum absolute atomic E-state index is 13.3. The van der Waals surface area contributed by atoms with E-state index in [0.29, 0.717) is 34.3 Å². The average Bonchev–Trinajstić information content (AvgIpc) is 3.08. The second-order valence-corrected chi connectivity index (χ2v) is 9.33. The van der Waals surface area contributed by atoms with E-state index in [0.717, 1.165) is 28.3 Å². The van der Waals surface area contributed by atoms with E-state index < -0.39 is 17.0 Å². The summed E-state index contributed by atoms with van der Waals surface area (Å²) in [5.41, 5.74) is 2.00. The lowest BCUT2D eigenvalue weighted by Gasteiger charge is -2.14. The molecule has 0 saturated carbocycles. The molecule has 0 aromatic heterocycles. The molecule has 0 aliphatic carbocycles. The molecule has 2 amide bonds. The molecular formula is C26H20Cl2FNO4S. The molecule has 5 nitrogen and oxygen atoms in total. The van der Waals surface area contributed by atoms with Crippen molar-refractivity contribution in [3.63, 3.8) is 0 Å². The first-order chi connectivity index (χ1) is 16.9. The number of nitrogens with zero attached hydrogens (tertiary/aromatic N) is 1. The van der Waals surface area contributed by atoms with Crippen LogP contribution >= 0.6 is 35.0 Å². The van der Waals surface area contributed by atoms with Gasteiger partial charge in [0.05, 0.1) is 18.1 Å². The Kier molecular flexibility index (Phi) is 8.00. The Morgan fingerprint density at radius 2 is 1.74 bits per heavy atom. The van der Waals surface area contributed by atoms with Crippen LogP contribution in [0, 0.1) is 5.82 Å². The van der Waals surface area contributed by atoms with Crippen molar-refractivity contribution < 1.29 is 23.5 Å². The van der Waals surface area contributed by atoms with Gasteiger partial charge in [0.15, 0.2) is 11.5 Å². The third-order valence-corrected chi connectivity index (χ3v) is 6.75. The van der Waals surface area contributed by atoms with Gasteiger partial charge in [-0.05, 0) is 66.2 Å². The smallest absolute Gasteiger partial charge is 0.293 e. The van der Waals surface area contributed by atoms with Crippen LogP contribution in [0.1, 0.15) is 23.6 Å². The summed E-state index contributed by atoms with van der Waals surface area (Å²) in [7, 11) is 0. The zero-order valence-electron chi connectivity index (χ0n) is 18.6. The third kappa shape index (κ3) is 5.99. The van der Waals surface area contributed by atoms with E-state index in [1.165, 1.54) is 12.1 Å². The van der Waals surface area contributed by atoms with Crippen molar-refractivity contribution >= 4 is 52.2 Å². The van der Waals surface area contributed by atoms with Crippen LogP contribution < -0.4 is 9.47 Å². The van der Waals surface area contributed by atoms with Crippen molar-refractivity contribution in [2.24, 2.45) is 0 Å². The zero-order chi connectivity index (χ0) is 24.9. The van der Waals surface area contributed by atoms with E-state index >= 15 is 0 Å². The summed E-state index contributed by atoms with van der Waals surface area (Å²) in [5, 5.41) is 0.341. The molecule has 4 rings (SSSR count). The Hall–Kier alpha value is -3.00. The second kappa shape index (κ2) is 11.2. The van der Waals surface area contributed by atoms with Gasteiger partial charge in [-0.3, -0.25) is 14.5 Å². The van der Waals surface area contributed by atoms with Crippen molar-refractivity contribution in [1.29, 1.82) is 0 Å². The van der Waals surface area contributed by atoms with Crippen LogP contribution in [-0.4, -0.2) is 22.7 Å². The predicted molar refractivity (Wildman–Crippen MR) is 136 cm³/mol. The molecule has 3 aromatic carbocycles. The third-order valence-electron chi connectivity index (χ3n) is 5.12. The number of ether oxygens (including phenoxy) is 2. The highest BCUT2D eigenvalue weighted by molar-refractivity contribution is 8.18. The van der Waals surface area contributed by atoms with Crippen LogP contribution in [-0.2, 0) is 17.9 Å². The van der Waals surface area contributed by atoms with Gasteiger partial charge in [0.1, 0.15) is 12.4 Å². The summed E-state index contributed by atoms with van der Waals surface area (Å²) < 4.78 is 25.0. The highest BCUT2D eigenvalue weighted by Crippen LogP contribution is 2.36. The first-order valence-corrected chi connectivity index (χ1v) is 12.2. The number of benzene rings is 3. The largest absolute Gasteiger partial charge is 0.490 e. The summed E-state index contributed by atoms with van der Waals surface area (Å²) >= 11 is 13.1. The maximum atomic E-state index is 13.3. The minimum absolute atomic E-state index is 0.0415.